The minimum absolute atomic E-state index is 0.284. The van der Waals surface area contributed by atoms with Crippen molar-refractivity contribution < 1.29 is 12.9 Å². The summed E-state index contributed by atoms with van der Waals surface area (Å²) in [5.74, 6) is 0.827. The Morgan fingerprint density at radius 2 is 1.77 bits per heavy atom. The lowest BCUT2D eigenvalue weighted by Crippen LogP contribution is -2.30. The summed E-state index contributed by atoms with van der Waals surface area (Å²) in [5, 5.41) is 6.02. The number of aromatic nitrogens is 2. The van der Waals surface area contributed by atoms with Crippen molar-refractivity contribution in [2.75, 3.05) is 6.54 Å². The number of aryl methyl sites for hydroxylation is 1. The molecule has 152 valence electrons. The fourth-order valence-corrected chi connectivity index (χ4v) is 5.73. The highest BCUT2D eigenvalue weighted by Gasteiger charge is 2.39. The maximum Gasteiger partial charge on any atom is 0.245 e. The van der Waals surface area contributed by atoms with Gasteiger partial charge >= 0.3 is 0 Å². The monoisotopic (exact) mass is 419 g/mol. The summed E-state index contributed by atoms with van der Waals surface area (Å²) in [6.45, 7) is 2.42. The van der Waals surface area contributed by atoms with Gasteiger partial charge in [0.05, 0.1) is 4.90 Å². The molecule has 1 saturated heterocycles. The van der Waals surface area contributed by atoms with Crippen molar-refractivity contribution >= 4 is 20.8 Å². The first-order chi connectivity index (χ1) is 14.5. The summed E-state index contributed by atoms with van der Waals surface area (Å²) < 4.78 is 33.9. The Morgan fingerprint density at radius 1 is 1.00 bits per heavy atom. The van der Waals surface area contributed by atoms with E-state index in [0.717, 1.165) is 28.3 Å². The molecule has 1 aromatic heterocycles. The van der Waals surface area contributed by atoms with E-state index in [0.29, 0.717) is 24.7 Å². The van der Waals surface area contributed by atoms with E-state index in [-0.39, 0.29) is 4.90 Å². The summed E-state index contributed by atoms with van der Waals surface area (Å²) in [5.41, 5.74) is 1.92. The van der Waals surface area contributed by atoms with E-state index in [1.54, 1.807) is 12.1 Å². The lowest BCUT2D eigenvalue weighted by Gasteiger charge is -2.21. The van der Waals surface area contributed by atoms with Gasteiger partial charge in [-0.2, -0.15) is 9.29 Å². The van der Waals surface area contributed by atoms with Crippen LogP contribution < -0.4 is 0 Å². The van der Waals surface area contributed by atoms with Gasteiger partial charge in [-0.1, -0.05) is 59.8 Å². The Balaban J connectivity index is 1.49. The molecule has 7 heteroatoms. The third-order valence-electron chi connectivity index (χ3n) is 5.64. The molecular weight excluding hydrogens is 398 g/mol. The lowest BCUT2D eigenvalue weighted by molar-refractivity contribution is 0.290. The second-order valence-corrected chi connectivity index (χ2v) is 9.44. The van der Waals surface area contributed by atoms with Crippen LogP contribution >= 0.6 is 0 Å². The number of benzene rings is 3. The highest BCUT2D eigenvalue weighted by molar-refractivity contribution is 7.89. The fraction of sp³-hybridized carbons (Fsp3) is 0.217. The van der Waals surface area contributed by atoms with Crippen LogP contribution in [0.3, 0.4) is 0 Å². The molecule has 1 aliphatic rings. The number of hydrogen-bond acceptors (Lipinski definition) is 5. The van der Waals surface area contributed by atoms with Gasteiger partial charge in [0, 0.05) is 12.1 Å². The van der Waals surface area contributed by atoms with Crippen LogP contribution in [0, 0.1) is 6.92 Å². The molecule has 3 aromatic carbocycles. The Hall–Kier alpha value is -3.03. The van der Waals surface area contributed by atoms with E-state index in [2.05, 4.69) is 10.1 Å². The van der Waals surface area contributed by atoms with Crippen LogP contribution in [-0.2, 0) is 10.0 Å². The standard InChI is InChI=1S/C23H21N3O3S/c1-16-7-2-5-10-20(16)22-24-23(29-25-22)21-11-6-14-26(21)30(27,28)19-13-12-17-8-3-4-9-18(17)15-19/h2-5,7-10,12-13,15,21H,6,11,14H2,1H3/t21-/m1/s1. The normalized spacial score (nSPS) is 17.6. The van der Waals surface area contributed by atoms with Crippen LogP contribution in [0.25, 0.3) is 22.2 Å². The van der Waals surface area contributed by atoms with Gasteiger partial charge in [0.1, 0.15) is 6.04 Å². The highest BCUT2D eigenvalue weighted by Crippen LogP contribution is 2.37. The van der Waals surface area contributed by atoms with Crippen LogP contribution in [0.2, 0.25) is 0 Å². The van der Waals surface area contributed by atoms with E-state index in [1.807, 2.05) is 61.5 Å². The van der Waals surface area contributed by atoms with Gasteiger partial charge in [0.2, 0.25) is 21.7 Å². The molecule has 2 heterocycles. The number of rotatable bonds is 4. The van der Waals surface area contributed by atoms with Gasteiger partial charge in [-0.05, 0) is 48.2 Å². The van der Waals surface area contributed by atoms with Crippen LogP contribution in [0.15, 0.2) is 76.1 Å². The van der Waals surface area contributed by atoms with Crippen molar-refractivity contribution in [3.8, 4) is 11.4 Å². The maximum absolute atomic E-state index is 13.4. The van der Waals surface area contributed by atoms with E-state index < -0.39 is 16.1 Å². The van der Waals surface area contributed by atoms with Gasteiger partial charge in [0.15, 0.2) is 0 Å². The van der Waals surface area contributed by atoms with E-state index in [1.165, 1.54) is 4.31 Å². The van der Waals surface area contributed by atoms with Crippen LogP contribution in [-0.4, -0.2) is 29.4 Å². The van der Waals surface area contributed by atoms with Gasteiger partial charge in [-0.25, -0.2) is 8.42 Å². The zero-order valence-corrected chi connectivity index (χ0v) is 17.3. The first-order valence-electron chi connectivity index (χ1n) is 9.94. The molecule has 30 heavy (non-hydrogen) atoms. The summed E-state index contributed by atoms with van der Waals surface area (Å²) >= 11 is 0. The molecule has 4 aromatic rings. The molecule has 1 atom stereocenters. The Morgan fingerprint density at radius 3 is 2.60 bits per heavy atom. The summed E-state index contributed by atoms with van der Waals surface area (Å²) in [6.07, 6.45) is 1.40. The van der Waals surface area contributed by atoms with Crippen molar-refractivity contribution in [1.29, 1.82) is 0 Å². The minimum Gasteiger partial charge on any atom is -0.337 e. The van der Waals surface area contributed by atoms with Crippen LogP contribution in [0.4, 0.5) is 0 Å². The molecule has 0 spiro atoms. The largest absolute Gasteiger partial charge is 0.337 e. The maximum atomic E-state index is 13.4. The third kappa shape index (κ3) is 3.20. The van der Waals surface area contributed by atoms with Gasteiger partial charge < -0.3 is 4.52 Å². The minimum atomic E-state index is -3.69. The SMILES string of the molecule is Cc1ccccc1-c1noc([C@H]2CCCN2S(=O)(=O)c2ccc3ccccc3c2)n1. The average molecular weight is 420 g/mol. The second kappa shape index (κ2) is 7.34. The highest BCUT2D eigenvalue weighted by atomic mass is 32.2. The summed E-state index contributed by atoms with van der Waals surface area (Å²) in [4.78, 5) is 4.83. The van der Waals surface area contributed by atoms with Crippen LogP contribution in [0.5, 0.6) is 0 Å². The molecule has 0 aliphatic carbocycles. The van der Waals surface area contributed by atoms with Gasteiger partial charge in [-0.15, -0.1) is 0 Å². The molecule has 0 saturated carbocycles. The topological polar surface area (TPSA) is 76.3 Å². The smallest absolute Gasteiger partial charge is 0.245 e. The van der Waals surface area contributed by atoms with Crippen molar-refractivity contribution in [1.82, 2.24) is 14.4 Å². The lowest BCUT2D eigenvalue weighted by atomic mass is 10.1. The molecule has 0 bridgehead atoms. The molecule has 0 amide bonds. The Labute approximate surface area is 175 Å². The molecular formula is C23H21N3O3S. The van der Waals surface area contributed by atoms with E-state index in [9.17, 15) is 8.42 Å². The molecule has 6 nitrogen and oxygen atoms in total. The summed E-state index contributed by atoms with van der Waals surface area (Å²) in [6, 6.07) is 20.3. The Bertz CT molecular complexity index is 1330. The first-order valence-corrected chi connectivity index (χ1v) is 11.4. The molecule has 1 aliphatic heterocycles. The van der Waals surface area contributed by atoms with Crippen molar-refractivity contribution in [2.24, 2.45) is 0 Å². The van der Waals surface area contributed by atoms with Crippen LogP contribution in [0.1, 0.15) is 30.3 Å². The first kappa shape index (κ1) is 19.0. The van der Waals surface area contributed by atoms with E-state index in [4.69, 9.17) is 4.52 Å². The molecule has 0 N–H and O–H groups in total. The quantitative estimate of drug-likeness (QED) is 0.478. The second-order valence-electron chi connectivity index (χ2n) is 7.55. The van der Waals surface area contributed by atoms with Crippen molar-refractivity contribution in [2.45, 2.75) is 30.7 Å². The van der Waals surface area contributed by atoms with Gasteiger partial charge in [0.25, 0.3) is 0 Å². The molecule has 5 rings (SSSR count). The zero-order valence-electron chi connectivity index (χ0n) is 16.5. The molecule has 0 unspecified atom stereocenters. The summed E-state index contributed by atoms with van der Waals surface area (Å²) in [7, 11) is -3.69. The number of sulfonamides is 1. The Kier molecular flexibility index (Phi) is 4.64. The number of hydrogen-bond donors (Lipinski definition) is 0. The number of nitrogens with zero attached hydrogens (tertiary/aromatic N) is 3. The average Bonchev–Trinajstić information content (AvgIpc) is 3.43. The molecule has 1 fully saturated rings. The predicted molar refractivity (Wildman–Crippen MR) is 114 cm³/mol. The van der Waals surface area contributed by atoms with Crippen molar-refractivity contribution in [3.05, 3.63) is 78.2 Å². The van der Waals surface area contributed by atoms with E-state index >= 15 is 0 Å². The van der Waals surface area contributed by atoms with Crippen molar-refractivity contribution in [3.63, 3.8) is 0 Å². The number of fused-ring (bicyclic) bond motifs is 1. The predicted octanol–water partition coefficient (Wildman–Crippen LogP) is 4.72. The molecule has 0 radical (unpaired) electrons. The zero-order chi connectivity index (χ0) is 20.7. The fourth-order valence-electron chi connectivity index (χ4n) is 4.04. The van der Waals surface area contributed by atoms with Gasteiger partial charge in [-0.3, -0.25) is 0 Å². The third-order valence-corrected chi connectivity index (χ3v) is 7.55.